The Kier molecular flexibility index (Phi) is 7.98. The van der Waals surface area contributed by atoms with Crippen LogP contribution in [0.5, 0.6) is 17.2 Å². The van der Waals surface area contributed by atoms with Gasteiger partial charge in [0.15, 0.2) is 18.1 Å². The van der Waals surface area contributed by atoms with Gasteiger partial charge in [-0.1, -0.05) is 13.0 Å². The second kappa shape index (κ2) is 10.7. The maximum absolute atomic E-state index is 12.8. The highest BCUT2D eigenvalue weighted by atomic mass is 32.2. The first-order valence-electron chi connectivity index (χ1n) is 10.5. The monoisotopic (exact) mass is 462 g/mol. The van der Waals surface area contributed by atoms with Crippen molar-refractivity contribution in [3.63, 3.8) is 0 Å². The molecule has 9 heteroatoms. The van der Waals surface area contributed by atoms with Crippen molar-refractivity contribution in [2.45, 2.75) is 31.2 Å². The topological polar surface area (TPSA) is 94.2 Å². The zero-order chi connectivity index (χ0) is 23.1. The van der Waals surface area contributed by atoms with Gasteiger partial charge in [-0.15, -0.1) is 0 Å². The second-order valence-corrected chi connectivity index (χ2v) is 9.75. The maximum atomic E-state index is 12.8. The Morgan fingerprint density at radius 3 is 2.31 bits per heavy atom. The van der Waals surface area contributed by atoms with E-state index in [1.54, 1.807) is 38.5 Å². The van der Waals surface area contributed by atoms with Crippen LogP contribution in [-0.4, -0.2) is 52.5 Å². The van der Waals surface area contributed by atoms with Crippen molar-refractivity contribution in [1.29, 1.82) is 0 Å². The first-order chi connectivity index (χ1) is 15.3. The number of hydrogen-bond donors (Lipinski definition) is 1. The maximum Gasteiger partial charge on any atom is 0.258 e. The molecule has 1 heterocycles. The Morgan fingerprint density at radius 1 is 1.03 bits per heavy atom. The summed E-state index contributed by atoms with van der Waals surface area (Å²) in [6.45, 7) is 3.36. The van der Waals surface area contributed by atoms with Crippen LogP contribution in [0.3, 0.4) is 0 Å². The second-order valence-electron chi connectivity index (χ2n) is 7.81. The van der Waals surface area contributed by atoms with Gasteiger partial charge in [0.2, 0.25) is 10.0 Å². The minimum absolute atomic E-state index is 0.177. The van der Waals surface area contributed by atoms with Gasteiger partial charge in [0.05, 0.1) is 19.1 Å². The quantitative estimate of drug-likeness (QED) is 0.616. The zero-order valence-corrected chi connectivity index (χ0v) is 19.5. The molecule has 0 aliphatic carbocycles. The average Bonchev–Trinajstić information content (AvgIpc) is 2.81. The molecule has 0 aromatic heterocycles. The van der Waals surface area contributed by atoms with Crippen LogP contribution < -0.4 is 19.5 Å². The molecule has 1 N–H and O–H groups in total. The van der Waals surface area contributed by atoms with E-state index in [-0.39, 0.29) is 17.4 Å². The summed E-state index contributed by atoms with van der Waals surface area (Å²) in [5.74, 6) is 1.89. The van der Waals surface area contributed by atoms with Gasteiger partial charge in [0.25, 0.3) is 5.91 Å². The van der Waals surface area contributed by atoms with Crippen LogP contribution in [0.15, 0.2) is 47.4 Å². The van der Waals surface area contributed by atoms with Gasteiger partial charge in [-0.2, -0.15) is 4.31 Å². The van der Waals surface area contributed by atoms with Crippen LogP contribution in [0.1, 0.15) is 25.3 Å². The van der Waals surface area contributed by atoms with E-state index in [4.69, 9.17) is 14.2 Å². The number of nitrogens with one attached hydrogen (secondary N) is 1. The number of hydrogen-bond acceptors (Lipinski definition) is 6. The number of piperidine rings is 1. The summed E-state index contributed by atoms with van der Waals surface area (Å²) in [7, 11) is -0.389. The molecule has 0 radical (unpaired) electrons. The van der Waals surface area contributed by atoms with E-state index in [2.05, 4.69) is 12.2 Å². The summed E-state index contributed by atoms with van der Waals surface area (Å²) < 4.78 is 43.1. The minimum atomic E-state index is -3.50. The van der Waals surface area contributed by atoms with Crippen molar-refractivity contribution in [3.05, 3.63) is 48.0 Å². The van der Waals surface area contributed by atoms with Crippen molar-refractivity contribution >= 4 is 15.9 Å². The van der Waals surface area contributed by atoms with Gasteiger partial charge in [0.1, 0.15) is 5.75 Å². The van der Waals surface area contributed by atoms with Crippen molar-refractivity contribution in [2.75, 3.05) is 33.9 Å². The number of ether oxygens (including phenoxy) is 3. The minimum Gasteiger partial charge on any atom is -0.493 e. The largest absolute Gasteiger partial charge is 0.493 e. The SMILES string of the molecule is COc1ccc(CNC(=O)COc2ccc(S(=O)(=O)N3CCC(C)CC3)cc2)cc1OC. The first-order valence-corrected chi connectivity index (χ1v) is 12.0. The molecule has 3 rings (SSSR count). The van der Waals surface area contributed by atoms with E-state index in [0.717, 1.165) is 18.4 Å². The summed E-state index contributed by atoms with van der Waals surface area (Å²) in [6, 6.07) is 11.6. The van der Waals surface area contributed by atoms with Crippen LogP contribution in [0.2, 0.25) is 0 Å². The highest BCUT2D eigenvalue weighted by molar-refractivity contribution is 7.89. The molecular weight excluding hydrogens is 432 g/mol. The van der Waals surface area contributed by atoms with Crippen LogP contribution in [0, 0.1) is 5.92 Å². The molecule has 1 aliphatic rings. The molecule has 8 nitrogen and oxygen atoms in total. The molecule has 1 saturated heterocycles. The van der Waals surface area contributed by atoms with Crippen LogP contribution in [0.25, 0.3) is 0 Å². The van der Waals surface area contributed by atoms with Crippen LogP contribution in [-0.2, 0) is 21.4 Å². The first kappa shape index (κ1) is 23.9. The number of sulfonamides is 1. The third kappa shape index (κ3) is 5.92. The summed E-state index contributed by atoms with van der Waals surface area (Å²) in [5.41, 5.74) is 0.859. The molecule has 0 saturated carbocycles. The van der Waals surface area contributed by atoms with Crippen molar-refractivity contribution < 1.29 is 27.4 Å². The molecule has 2 aromatic rings. The highest BCUT2D eigenvalue weighted by Crippen LogP contribution is 2.27. The summed E-state index contributed by atoms with van der Waals surface area (Å²) >= 11 is 0. The molecule has 174 valence electrons. The summed E-state index contributed by atoms with van der Waals surface area (Å²) in [6.07, 6.45) is 1.75. The fourth-order valence-corrected chi connectivity index (χ4v) is 4.94. The fourth-order valence-electron chi connectivity index (χ4n) is 3.47. The summed E-state index contributed by atoms with van der Waals surface area (Å²) in [5, 5.41) is 2.78. The Morgan fingerprint density at radius 2 is 1.69 bits per heavy atom. The van der Waals surface area contributed by atoms with E-state index in [1.807, 2.05) is 6.07 Å². The lowest BCUT2D eigenvalue weighted by atomic mass is 10.0. The van der Waals surface area contributed by atoms with E-state index >= 15 is 0 Å². The average molecular weight is 463 g/mol. The van der Waals surface area contributed by atoms with Gasteiger partial charge in [-0.25, -0.2) is 8.42 Å². The number of benzene rings is 2. The van der Waals surface area contributed by atoms with Crippen molar-refractivity contribution in [1.82, 2.24) is 9.62 Å². The molecular formula is C23H30N2O6S. The number of carbonyl (C=O) groups excluding carboxylic acids is 1. The van der Waals surface area contributed by atoms with E-state index in [9.17, 15) is 13.2 Å². The Labute approximate surface area is 189 Å². The third-order valence-electron chi connectivity index (χ3n) is 5.51. The van der Waals surface area contributed by atoms with Gasteiger partial charge in [-0.05, 0) is 60.7 Å². The van der Waals surface area contributed by atoms with E-state index < -0.39 is 10.0 Å². The Balaban J connectivity index is 1.50. The molecule has 0 unspecified atom stereocenters. The zero-order valence-electron chi connectivity index (χ0n) is 18.7. The van der Waals surface area contributed by atoms with Gasteiger partial charge in [-0.3, -0.25) is 4.79 Å². The number of amides is 1. The van der Waals surface area contributed by atoms with E-state index in [0.29, 0.717) is 42.8 Å². The summed E-state index contributed by atoms with van der Waals surface area (Å²) in [4.78, 5) is 12.4. The Bertz CT molecular complexity index is 1020. The number of nitrogens with zero attached hydrogens (tertiary/aromatic N) is 1. The lowest BCUT2D eigenvalue weighted by molar-refractivity contribution is -0.123. The van der Waals surface area contributed by atoms with Crippen LogP contribution >= 0.6 is 0 Å². The molecule has 2 aromatic carbocycles. The predicted molar refractivity (Wildman–Crippen MR) is 120 cm³/mol. The van der Waals surface area contributed by atoms with Gasteiger partial charge >= 0.3 is 0 Å². The molecule has 32 heavy (non-hydrogen) atoms. The smallest absolute Gasteiger partial charge is 0.258 e. The van der Waals surface area contributed by atoms with Gasteiger partial charge < -0.3 is 19.5 Å². The van der Waals surface area contributed by atoms with Crippen LogP contribution in [0.4, 0.5) is 0 Å². The third-order valence-corrected chi connectivity index (χ3v) is 7.42. The van der Waals surface area contributed by atoms with E-state index in [1.165, 1.54) is 16.4 Å². The molecule has 0 bridgehead atoms. The molecule has 0 spiro atoms. The number of carbonyl (C=O) groups is 1. The lowest BCUT2D eigenvalue weighted by Gasteiger charge is -2.29. The van der Waals surface area contributed by atoms with Crippen molar-refractivity contribution in [3.8, 4) is 17.2 Å². The normalized spacial score (nSPS) is 15.2. The number of methoxy groups -OCH3 is 2. The highest BCUT2D eigenvalue weighted by Gasteiger charge is 2.27. The molecule has 0 atom stereocenters. The number of rotatable bonds is 9. The lowest BCUT2D eigenvalue weighted by Crippen LogP contribution is -2.37. The molecule has 1 fully saturated rings. The molecule has 1 amide bonds. The van der Waals surface area contributed by atoms with Crippen molar-refractivity contribution in [2.24, 2.45) is 5.92 Å². The fraction of sp³-hybridized carbons (Fsp3) is 0.435. The Hall–Kier alpha value is -2.78. The predicted octanol–water partition coefficient (Wildman–Crippen LogP) is 2.82. The standard InChI is InChI=1S/C23H30N2O6S/c1-17-10-12-25(13-11-17)32(27,28)20-7-5-19(6-8-20)31-16-23(26)24-15-18-4-9-21(29-2)22(14-18)30-3/h4-9,14,17H,10-13,15-16H2,1-3H3,(H,24,26). The van der Waals surface area contributed by atoms with Gasteiger partial charge in [0, 0.05) is 19.6 Å². The molecule has 1 aliphatic heterocycles.